The van der Waals surface area contributed by atoms with Gasteiger partial charge in [-0.05, 0) is 35.5 Å². The topological polar surface area (TPSA) is 62.2 Å². The molecule has 0 fully saturated rings. The molecule has 1 aromatic heterocycles. The molecule has 0 saturated heterocycles. The van der Waals surface area contributed by atoms with E-state index in [9.17, 15) is 4.79 Å². The summed E-state index contributed by atoms with van der Waals surface area (Å²) in [7, 11) is 0. The van der Waals surface area contributed by atoms with Crippen LogP contribution in [-0.4, -0.2) is 21.8 Å². The van der Waals surface area contributed by atoms with Gasteiger partial charge in [0.15, 0.2) is 4.77 Å². The van der Waals surface area contributed by atoms with Gasteiger partial charge < -0.3 is 10.3 Å². The molecule has 0 unspecified atom stereocenters. The van der Waals surface area contributed by atoms with E-state index in [1.54, 1.807) is 10.9 Å². The van der Waals surface area contributed by atoms with Crippen molar-refractivity contribution < 1.29 is 4.79 Å². The Labute approximate surface area is 144 Å². The molecule has 0 aliphatic heterocycles. The summed E-state index contributed by atoms with van der Waals surface area (Å²) < 4.78 is 2.15. The van der Waals surface area contributed by atoms with E-state index in [2.05, 4.69) is 15.4 Å². The van der Waals surface area contributed by atoms with E-state index in [-0.39, 0.29) is 5.91 Å². The van der Waals surface area contributed by atoms with Crippen LogP contribution in [0.2, 0.25) is 0 Å². The maximum atomic E-state index is 11.0. The predicted molar refractivity (Wildman–Crippen MR) is 98.8 cm³/mol. The van der Waals surface area contributed by atoms with Gasteiger partial charge in [-0.2, -0.15) is 5.10 Å². The van der Waals surface area contributed by atoms with Crippen LogP contribution in [0.25, 0.3) is 11.3 Å². The molecule has 1 heterocycles. The number of benzene rings is 2. The molecule has 6 heteroatoms. The number of carbonyl (C=O) groups excluding carboxylic acids is 1. The minimum Gasteiger partial charge on any atom is -0.329 e. The number of aromatic nitrogens is 2. The van der Waals surface area contributed by atoms with Crippen LogP contribution in [0.3, 0.4) is 0 Å². The Hall–Kier alpha value is -2.99. The lowest BCUT2D eigenvalue weighted by atomic mass is 10.2. The van der Waals surface area contributed by atoms with Crippen molar-refractivity contribution in [1.29, 1.82) is 0 Å². The monoisotopic (exact) mass is 336 g/mol. The molecule has 24 heavy (non-hydrogen) atoms. The fourth-order valence-electron chi connectivity index (χ4n) is 2.22. The molecule has 0 saturated carbocycles. The molecular formula is C18H16N4OS. The van der Waals surface area contributed by atoms with E-state index < -0.39 is 0 Å². The Bertz CT molecular complexity index is 924. The van der Waals surface area contributed by atoms with Crippen molar-refractivity contribution in [3.8, 4) is 11.3 Å². The summed E-state index contributed by atoms with van der Waals surface area (Å²) in [6.07, 6.45) is 3.58. The molecule has 0 aliphatic rings. The number of amides is 1. The number of nitrogens with one attached hydrogen (secondary N) is 2. The number of nitrogens with zero attached hydrogens (tertiary/aromatic N) is 2. The number of rotatable bonds is 4. The standard InChI is InChI=1S/C18H16N4OS/c1-13(23)20-16-9-7-14(8-10-16)11-19-22-12-17(21-18(22)24)15-5-3-2-4-6-15/h2-12H,1H3,(H,20,23)(H,21,24)/b19-11+. The van der Waals surface area contributed by atoms with Crippen molar-refractivity contribution in [2.24, 2.45) is 5.10 Å². The third kappa shape index (κ3) is 3.85. The quantitative estimate of drug-likeness (QED) is 0.557. The summed E-state index contributed by atoms with van der Waals surface area (Å²) >= 11 is 5.30. The summed E-state index contributed by atoms with van der Waals surface area (Å²) in [4.78, 5) is 14.2. The Morgan fingerprint density at radius 1 is 1.17 bits per heavy atom. The number of carbonyl (C=O) groups is 1. The van der Waals surface area contributed by atoms with E-state index in [4.69, 9.17) is 12.2 Å². The molecule has 0 spiro atoms. The van der Waals surface area contributed by atoms with Crippen molar-refractivity contribution in [2.45, 2.75) is 6.92 Å². The molecular weight excluding hydrogens is 320 g/mol. The SMILES string of the molecule is CC(=O)Nc1ccc(/C=N/n2cc(-c3ccccc3)[nH]c2=S)cc1. The summed E-state index contributed by atoms with van der Waals surface area (Å²) in [6.45, 7) is 1.48. The highest BCUT2D eigenvalue weighted by Crippen LogP contribution is 2.16. The zero-order chi connectivity index (χ0) is 16.9. The van der Waals surface area contributed by atoms with Gasteiger partial charge >= 0.3 is 0 Å². The molecule has 0 bridgehead atoms. The van der Waals surface area contributed by atoms with Crippen LogP contribution in [0.1, 0.15) is 12.5 Å². The van der Waals surface area contributed by atoms with Crippen LogP contribution >= 0.6 is 12.2 Å². The van der Waals surface area contributed by atoms with Crippen molar-refractivity contribution in [2.75, 3.05) is 5.32 Å². The number of hydrogen-bond donors (Lipinski definition) is 2. The highest BCUT2D eigenvalue weighted by atomic mass is 32.1. The molecule has 1 amide bonds. The largest absolute Gasteiger partial charge is 0.329 e. The lowest BCUT2D eigenvalue weighted by Gasteiger charge is -2.01. The van der Waals surface area contributed by atoms with Crippen LogP contribution in [0.5, 0.6) is 0 Å². The summed E-state index contributed by atoms with van der Waals surface area (Å²) in [5.74, 6) is -0.0940. The number of anilines is 1. The Morgan fingerprint density at radius 2 is 1.88 bits per heavy atom. The van der Waals surface area contributed by atoms with Crippen LogP contribution < -0.4 is 5.32 Å². The number of imidazole rings is 1. The first-order valence-electron chi connectivity index (χ1n) is 7.41. The summed E-state index contributed by atoms with van der Waals surface area (Å²) in [5, 5.41) is 7.11. The first-order chi connectivity index (χ1) is 11.6. The van der Waals surface area contributed by atoms with Crippen LogP contribution in [0, 0.1) is 4.77 Å². The van der Waals surface area contributed by atoms with E-state index in [1.165, 1.54) is 6.92 Å². The number of hydrogen-bond acceptors (Lipinski definition) is 3. The molecule has 120 valence electrons. The smallest absolute Gasteiger partial charge is 0.221 e. The van der Waals surface area contributed by atoms with E-state index >= 15 is 0 Å². The summed E-state index contributed by atoms with van der Waals surface area (Å²) in [5.41, 5.74) is 3.63. The first-order valence-corrected chi connectivity index (χ1v) is 7.82. The van der Waals surface area contributed by atoms with Gasteiger partial charge in [0.25, 0.3) is 0 Å². The molecule has 2 N–H and O–H groups in total. The first kappa shape index (κ1) is 15.9. The van der Waals surface area contributed by atoms with Crippen molar-refractivity contribution >= 4 is 30.0 Å². The van der Waals surface area contributed by atoms with Crippen molar-refractivity contribution in [3.63, 3.8) is 0 Å². The fraction of sp³-hybridized carbons (Fsp3) is 0.0556. The molecule has 0 radical (unpaired) electrons. The molecule has 0 aliphatic carbocycles. The summed E-state index contributed by atoms with van der Waals surface area (Å²) in [6, 6.07) is 17.4. The average Bonchev–Trinajstić information content (AvgIpc) is 2.95. The van der Waals surface area contributed by atoms with E-state index in [0.29, 0.717) is 4.77 Å². The maximum Gasteiger partial charge on any atom is 0.221 e. The molecule has 2 aromatic carbocycles. The average molecular weight is 336 g/mol. The van der Waals surface area contributed by atoms with Gasteiger partial charge in [-0.1, -0.05) is 42.5 Å². The minimum atomic E-state index is -0.0940. The molecule has 3 rings (SSSR count). The van der Waals surface area contributed by atoms with Gasteiger partial charge in [-0.3, -0.25) is 4.79 Å². The third-order valence-corrected chi connectivity index (χ3v) is 3.64. The van der Waals surface area contributed by atoms with Gasteiger partial charge in [0.1, 0.15) is 0 Å². The second kappa shape index (κ2) is 7.06. The normalized spacial score (nSPS) is 10.9. The van der Waals surface area contributed by atoms with Crippen molar-refractivity contribution in [1.82, 2.24) is 9.66 Å². The van der Waals surface area contributed by atoms with Gasteiger partial charge in [0.2, 0.25) is 5.91 Å². The van der Waals surface area contributed by atoms with Crippen LogP contribution in [-0.2, 0) is 4.79 Å². The Morgan fingerprint density at radius 3 is 2.54 bits per heavy atom. The predicted octanol–water partition coefficient (Wildman–Crippen LogP) is 4.05. The van der Waals surface area contributed by atoms with Gasteiger partial charge in [0, 0.05) is 12.6 Å². The fourth-order valence-corrected chi connectivity index (χ4v) is 2.43. The van der Waals surface area contributed by atoms with Gasteiger partial charge in [0.05, 0.1) is 18.1 Å². The van der Waals surface area contributed by atoms with Crippen LogP contribution in [0.4, 0.5) is 5.69 Å². The zero-order valence-corrected chi connectivity index (χ0v) is 13.9. The number of aromatic amines is 1. The van der Waals surface area contributed by atoms with Crippen molar-refractivity contribution in [3.05, 3.63) is 71.1 Å². The van der Waals surface area contributed by atoms with E-state index in [0.717, 1.165) is 22.5 Å². The second-order valence-corrected chi connectivity index (χ2v) is 5.62. The lowest BCUT2D eigenvalue weighted by molar-refractivity contribution is -0.114. The van der Waals surface area contributed by atoms with Gasteiger partial charge in [-0.15, -0.1) is 0 Å². The molecule has 3 aromatic rings. The van der Waals surface area contributed by atoms with Gasteiger partial charge in [-0.25, -0.2) is 4.68 Å². The molecule has 5 nitrogen and oxygen atoms in total. The highest BCUT2D eigenvalue weighted by Gasteiger charge is 2.01. The molecule has 0 atom stereocenters. The number of H-pyrrole nitrogens is 1. The Kier molecular flexibility index (Phi) is 4.67. The second-order valence-electron chi connectivity index (χ2n) is 5.23. The zero-order valence-electron chi connectivity index (χ0n) is 13.1. The lowest BCUT2D eigenvalue weighted by Crippen LogP contribution is -2.05. The minimum absolute atomic E-state index is 0.0940. The van der Waals surface area contributed by atoms with E-state index in [1.807, 2.05) is 60.8 Å². The highest BCUT2D eigenvalue weighted by molar-refractivity contribution is 7.71. The Balaban J connectivity index is 1.78. The van der Waals surface area contributed by atoms with Crippen LogP contribution in [0.15, 0.2) is 65.9 Å². The third-order valence-electron chi connectivity index (χ3n) is 3.35. The maximum absolute atomic E-state index is 11.0.